The van der Waals surface area contributed by atoms with Crippen molar-refractivity contribution in [1.82, 2.24) is 15.3 Å². The highest BCUT2D eigenvalue weighted by molar-refractivity contribution is 5.96. The second-order valence-corrected chi connectivity index (χ2v) is 6.66. The van der Waals surface area contributed by atoms with Crippen LogP contribution in [0.2, 0.25) is 0 Å². The summed E-state index contributed by atoms with van der Waals surface area (Å²) in [6.07, 6.45) is 2.07. The van der Waals surface area contributed by atoms with E-state index in [2.05, 4.69) is 15.3 Å². The van der Waals surface area contributed by atoms with Gasteiger partial charge in [-0.05, 0) is 44.4 Å². The highest BCUT2D eigenvalue weighted by Gasteiger charge is 2.17. The monoisotopic (exact) mass is 387 g/mol. The van der Waals surface area contributed by atoms with Crippen molar-refractivity contribution in [3.63, 3.8) is 0 Å². The van der Waals surface area contributed by atoms with Crippen molar-refractivity contribution in [1.29, 1.82) is 0 Å². The molecule has 1 aromatic carbocycles. The molecule has 0 saturated heterocycles. The van der Waals surface area contributed by atoms with Crippen LogP contribution in [0.5, 0.6) is 5.75 Å². The number of amides is 1. The maximum atomic E-state index is 12.5. The van der Waals surface area contributed by atoms with Gasteiger partial charge >= 0.3 is 0 Å². The maximum Gasteiger partial charge on any atom is 0.254 e. The van der Waals surface area contributed by atoms with Crippen LogP contribution in [-0.4, -0.2) is 40.2 Å². The molecule has 2 rings (SSSR count). The Morgan fingerprint density at radius 2 is 2.04 bits per heavy atom. The van der Waals surface area contributed by atoms with E-state index in [0.29, 0.717) is 47.7 Å². The van der Waals surface area contributed by atoms with Crippen LogP contribution in [-0.2, 0) is 12.8 Å². The fourth-order valence-corrected chi connectivity index (χ4v) is 2.88. The van der Waals surface area contributed by atoms with Gasteiger partial charge in [0.2, 0.25) is 0 Å². The van der Waals surface area contributed by atoms with Crippen LogP contribution in [0.1, 0.15) is 55.7 Å². The lowest BCUT2D eigenvalue weighted by molar-refractivity contribution is 0.0922. The van der Waals surface area contributed by atoms with Crippen LogP contribution in [0.25, 0.3) is 11.4 Å². The van der Waals surface area contributed by atoms with Crippen molar-refractivity contribution in [3.05, 3.63) is 45.4 Å². The predicted octanol–water partition coefficient (Wildman–Crippen LogP) is 2.46. The number of aliphatic hydroxyl groups excluding tert-OH is 1. The Hall–Kier alpha value is -2.67. The molecular formula is C21H29N3O4. The molecular weight excluding hydrogens is 358 g/mol. The van der Waals surface area contributed by atoms with Crippen molar-refractivity contribution in [2.24, 2.45) is 0 Å². The molecule has 0 saturated carbocycles. The van der Waals surface area contributed by atoms with Crippen molar-refractivity contribution in [2.75, 3.05) is 13.2 Å². The highest BCUT2D eigenvalue weighted by atomic mass is 16.5. The summed E-state index contributed by atoms with van der Waals surface area (Å²) in [7, 11) is 0. The number of aryl methyl sites for hydroxylation is 1. The third kappa shape index (κ3) is 4.98. The minimum absolute atomic E-state index is 0.149. The number of ether oxygens (including phenoxy) is 1. The minimum Gasteiger partial charge on any atom is -0.493 e. The number of aromatic nitrogens is 2. The summed E-state index contributed by atoms with van der Waals surface area (Å²) in [5, 5.41) is 11.9. The standard InChI is InChI=1S/C21H29N3O4/c1-5-10-28-18-9-8-14(20(26)22-13(4)12-25)11-16(18)19-23-17(7-3)15(6-2)21(27)24-19/h8-9,11,13,25H,5-7,10,12H2,1-4H3,(H,22,26)(H,23,24,27). The molecule has 0 aliphatic carbocycles. The van der Waals surface area contributed by atoms with E-state index in [4.69, 9.17) is 9.84 Å². The molecule has 7 nitrogen and oxygen atoms in total. The van der Waals surface area contributed by atoms with Crippen LogP contribution >= 0.6 is 0 Å². The van der Waals surface area contributed by atoms with Crippen LogP contribution in [0, 0.1) is 0 Å². The first-order valence-corrected chi connectivity index (χ1v) is 9.76. The average molecular weight is 387 g/mol. The number of benzene rings is 1. The fourth-order valence-electron chi connectivity index (χ4n) is 2.88. The fraction of sp³-hybridized carbons (Fsp3) is 0.476. The first-order chi connectivity index (χ1) is 13.4. The summed E-state index contributed by atoms with van der Waals surface area (Å²) in [5.41, 5.74) is 2.21. The van der Waals surface area contributed by atoms with Gasteiger partial charge in [-0.2, -0.15) is 0 Å². The molecule has 0 radical (unpaired) electrons. The van der Waals surface area contributed by atoms with Crippen LogP contribution in [0.15, 0.2) is 23.0 Å². The lowest BCUT2D eigenvalue weighted by atomic mass is 10.1. The third-order valence-corrected chi connectivity index (χ3v) is 4.40. The van der Waals surface area contributed by atoms with Crippen LogP contribution < -0.4 is 15.6 Å². The number of carbonyl (C=O) groups is 1. The molecule has 0 spiro atoms. The van der Waals surface area contributed by atoms with Gasteiger partial charge in [0.25, 0.3) is 11.5 Å². The van der Waals surface area contributed by atoms with Crippen molar-refractivity contribution in [2.45, 2.75) is 53.0 Å². The van der Waals surface area contributed by atoms with Gasteiger partial charge in [-0.15, -0.1) is 0 Å². The van der Waals surface area contributed by atoms with Crippen molar-refractivity contribution >= 4 is 5.91 Å². The lowest BCUT2D eigenvalue weighted by Crippen LogP contribution is -2.35. The zero-order chi connectivity index (χ0) is 20.7. The molecule has 7 heteroatoms. The van der Waals surface area contributed by atoms with Gasteiger partial charge in [0.05, 0.1) is 24.5 Å². The normalized spacial score (nSPS) is 11.9. The molecule has 1 atom stereocenters. The van der Waals surface area contributed by atoms with Gasteiger partial charge in [-0.3, -0.25) is 9.59 Å². The number of aromatic amines is 1. The summed E-state index contributed by atoms with van der Waals surface area (Å²) in [4.78, 5) is 32.4. The average Bonchev–Trinajstić information content (AvgIpc) is 2.71. The van der Waals surface area contributed by atoms with Crippen LogP contribution in [0.3, 0.4) is 0 Å². The zero-order valence-corrected chi connectivity index (χ0v) is 17.0. The second-order valence-electron chi connectivity index (χ2n) is 6.66. The summed E-state index contributed by atoms with van der Waals surface area (Å²) >= 11 is 0. The van der Waals surface area contributed by atoms with Gasteiger partial charge < -0.3 is 20.1 Å². The number of H-pyrrole nitrogens is 1. The molecule has 0 fully saturated rings. The molecule has 2 aromatic rings. The molecule has 0 aliphatic heterocycles. The Bertz CT molecular complexity index is 876. The number of nitrogens with zero attached hydrogens (tertiary/aromatic N) is 1. The zero-order valence-electron chi connectivity index (χ0n) is 17.0. The summed E-state index contributed by atoms with van der Waals surface area (Å²) in [6.45, 7) is 7.96. The van der Waals surface area contributed by atoms with E-state index >= 15 is 0 Å². The van der Waals surface area contributed by atoms with E-state index < -0.39 is 0 Å². The number of nitrogens with one attached hydrogen (secondary N) is 2. The molecule has 0 bridgehead atoms. The smallest absolute Gasteiger partial charge is 0.254 e. The molecule has 1 amide bonds. The SMILES string of the molecule is CCCOc1ccc(C(=O)NC(C)CO)cc1-c1nc(CC)c(CC)c(=O)[nH]1. The molecule has 152 valence electrons. The quantitative estimate of drug-likeness (QED) is 0.613. The summed E-state index contributed by atoms with van der Waals surface area (Å²) in [6, 6.07) is 4.67. The minimum atomic E-state index is -0.361. The Labute approximate surface area is 165 Å². The third-order valence-electron chi connectivity index (χ3n) is 4.40. The maximum absolute atomic E-state index is 12.5. The molecule has 28 heavy (non-hydrogen) atoms. The van der Waals surface area contributed by atoms with E-state index in [9.17, 15) is 9.59 Å². The Morgan fingerprint density at radius 3 is 2.64 bits per heavy atom. The number of aliphatic hydroxyl groups is 1. The summed E-state index contributed by atoms with van der Waals surface area (Å²) in [5.74, 6) is 0.631. The van der Waals surface area contributed by atoms with Crippen molar-refractivity contribution < 1.29 is 14.6 Å². The number of hydrogen-bond acceptors (Lipinski definition) is 5. The lowest BCUT2D eigenvalue weighted by Gasteiger charge is -2.15. The number of rotatable bonds is 9. The predicted molar refractivity (Wildman–Crippen MR) is 109 cm³/mol. The Kier molecular flexibility index (Phi) is 7.75. The molecule has 1 unspecified atom stereocenters. The molecule has 0 aliphatic rings. The van der Waals surface area contributed by atoms with Gasteiger partial charge in [-0.25, -0.2) is 4.98 Å². The van der Waals surface area contributed by atoms with E-state index in [1.807, 2.05) is 20.8 Å². The second kappa shape index (κ2) is 10.0. The number of hydrogen-bond donors (Lipinski definition) is 3. The first kappa shape index (κ1) is 21.6. The molecule has 3 N–H and O–H groups in total. The van der Waals surface area contributed by atoms with Crippen molar-refractivity contribution in [3.8, 4) is 17.1 Å². The van der Waals surface area contributed by atoms with E-state index in [0.717, 1.165) is 12.1 Å². The van der Waals surface area contributed by atoms with E-state index in [1.165, 1.54) is 0 Å². The van der Waals surface area contributed by atoms with Gasteiger partial charge in [-0.1, -0.05) is 20.8 Å². The summed E-state index contributed by atoms with van der Waals surface area (Å²) < 4.78 is 5.81. The van der Waals surface area contributed by atoms with Gasteiger partial charge in [0.1, 0.15) is 11.6 Å². The molecule has 1 aromatic heterocycles. The van der Waals surface area contributed by atoms with E-state index in [-0.39, 0.29) is 24.1 Å². The molecule has 1 heterocycles. The van der Waals surface area contributed by atoms with Gasteiger partial charge in [0, 0.05) is 17.2 Å². The van der Waals surface area contributed by atoms with Crippen LogP contribution in [0.4, 0.5) is 0 Å². The number of carbonyl (C=O) groups excluding carboxylic acids is 1. The van der Waals surface area contributed by atoms with E-state index in [1.54, 1.807) is 25.1 Å². The highest BCUT2D eigenvalue weighted by Crippen LogP contribution is 2.29. The topological polar surface area (TPSA) is 104 Å². The Balaban J connectivity index is 2.56. The Morgan fingerprint density at radius 1 is 1.29 bits per heavy atom. The first-order valence-electron chi connectivity index (χ1n) is 9.76. The van der Waals surface area contributed by atoms with Gasteiger partial charge in [0.15, 0.2) is 0 Å². The largest absolute Gasteiger partial charge is 0.493 e.